The van der Waals surface area contributed by atoms with Gasteiger partial charge in [0.25, 0.3) is 0 Å². The summed E-state index contributed by atoms with van der Waals surface area (Å²) >= 11 is 0. The third-order valence-corrected chi connectivity index (χ3v) is 4.43. The van der Waals surface area contributed by atoms with Gasteiger partial charge < -0.3 is 14.0 Å². The topological polar surface area (TPSA) is 44.3 Å². The van der Waals surface area contributed by atoms with Gasteiger partial charge in [-0.3, -0.25) is 0 Å². The molecular formula is C21H25N2O3+. The second kappa shape index (κ2) is 8.52. The van der Waals surface area contributed by atoms with Crippen LogP contribution < -0.4 is 9.30 Å². The van der Waals surface area contributed by atoms with E-state index in [4.69, 9.17) is 9.47 Å². The van der Waals surface area contributed by atoms with Crippen molar-refractivity contribution in [2.24, 2.45) is 7.05 Å². The molecule has 0 fully saturated rings. The molecule has 5 nitrogen and oxygen atoms in total. The fourth-order valence-electron chi connectivity index (χ4n) is 3.02. The van der Waals surface area contributed by atoms with Gasteiger partial charge in [-0.15, -0.1) is 0 Å². The van der Waals surface area contributed by atoms with E-state index in [0.717, 1.165) is 31.6 Å². The van der Waals surface area contributed by atoms with Gasteiger partial charge in [-0.25, -0.2) is 9.36 Å². The maximum Gasteiger partial charge on any atom is 0.344 e. The van der Waals surface area contributed by atoms with Gasteiger partial charge in [-0.2, -0.15) is 0 Å². The normalized spacial score (nSPS) is 10.8. The Morgan fingerprint density at radius 3 is 2.85 bits per heavy atom. The third kappa shape index (κ3) is 4.42. The Labute approximate surface area is 153 Å². The summed E-state index contributed by atoms with van der Waals surface area (Å²) in [5.74, 6) is 0.621. The molecule has 136 valence electrons. The van der Waals surface area contributed by atoms with E-state index in [9.17, 15) is 4.79 Å². The lowest BCUT2D eigenvalue weighted by molar-refractivity contribution is -0.671. The monoisotopic (exact) mass is 353 g/mol. The van der Waals surface area contributed by atoms with Gasteiger partial charge in [0.2, 0.25) is 0 Å². The molecule has 3 aromatic rings. The lowest BCUT2D eigenvalue weighted by Crippen LogP contribution is -2.28. The number of pyridine rings is 1. The minimum Gasteiger partial charge on any atom is -0.497 e. The third-order valence-electron chi connectivity index (χ3n) is 4.43. The Morgan fingerprint density at radius 1 is 1.15 bits per heavy atom. The highest BCUT2D eigenvalue weighted by molar-refractivity contribution is 5.88. The zero-order valence-corrected chi connectivity index (χ0v) is 15.4. The van der Waals surface area contributed by atoms with Crippen LogP contribution in [0.3, 0.4) is 0 Å². The zero-order valence-electron chi connectivity index (χ0n) is 15.4. The second-order valence-electron chi connectivity index (χ2n) is 6.39. The number of rotatable bonds is 8. The molecule has 0 aliphatic carbocycles. The summed E-state index contributed by atoms with van der Waals surface area (Å²) in [4.78, 5) is 12.0. The number of esters is 1. The minimum atomic E-state index is -0.258. The Balaban J connectivity index is 1.40. The highest BCUT2D eigenvalue weighted by Gasteiger charge is 2.10. The number of benzene rings is 1. The molecule has 26 heavy (non-hydrogen) atoms. The first-order valence-electron chi connectivity index (χ1n) is 8.92. The number of fused-ring (bicyclic) bond motifs is 1. The molecule has 2 aromatic heterocycles. The summed E-state index contributed by atoms with van der Waals surface area (Å²) in [7, 11) is 3.57. The fourth-order valence-corrected chi connectivity index (χ4v) is 3.02. The summed E-state index contributed by atoms with van der Waals surface area (Å²) in [6.45, 7) is 1.42. The van der Waals surface area contributed by atoms with Crippen molar-refractivity contribution < 1.29 is 18.8 Å². The number of nitrogens with zero attached hydrogens (tertiary/aromatic N) is 2. The second-order valence-corrected chi connectivity index (χ2v) is 6.39. The lowest BCUT2D eigenvalue weighted by atomic mass is 10.2. The van der Waals surface area contributed by atoms with Gasteiger partial charge in [0, 0.05) is 29.7 Å². The van der Waals surface area contributed by atoms with E-state index in [1.165, 1.54) is 10.9 Å². The number of ether oxygens (including phenoxy) is 2. The maximum absolute atomic E-state index is 12.0. The number of carbonyl (C=O) groups excluding carboxylic acids is 1. The quantitative estimate of drug-likeness (QED) is 0.354. The number of aryl methyl sites for hydroxylation is 2. The first-order chi connectivity index (χ1) is 12.7. The Hall–Kier alpha value is -2.82. The number of methoxy groups -OCH3 is 1. The van der Waals surface area contributed by atoms with Gasteiger partial charge >= 0.3 is 5.97 Å². The average Bonchev–Trinajstić information content (AvgIpc) is 3.06. The summed E-state index contributed by atoms with van der Waals surface area (Å²) in [5.41, 5.74) is 1.80. The van der Waals surface area contributed by atoms with Gasteiger partial charge in [0.1, 0.15) is 18.4 Å². The van der Waals surface area contributed by atoms with Crippen LogP contribution in [-0.4, -0.2) is 24.3 Å². The smallest absolute Gasteiger partial charge is 0.344 e. The summed E-state index contributed by atoms with van der Waals surface area (Å²) in [6, 6.07) is 11.9. The predicted octanol–water partition coefficient (Wildman–Crippen LogP) is 3.50. The minimum absolute atomic E-state index is 0.258. The van der Waals surface area contributed by atoms with Gasteiger partial charge in [0.05, 0.1) is 13.7 Å². The molecule has 3 rings (SSSR count). The van der Waals surface area contributed by atoms with Crippen molar-refractivity contribution in [3.05, 3.63) is 60.6 Å². The molecule has 0 bridgehead atoms. The van der Waals surface area contributed by atoms with Crippen LogP contribution in [0.25, 0.3) is 10.9 Å². The molecule has 0 spiro atoms. The van der Waals surface area contributed by atoms with Crippen LogP contribution in [-0.2, 0) is 18.3 Å². The highest BCUT2D eigenvalue weighted by atomic mass is 16.5. The molecule has 0 amide bonds. The largest absolute Gasteiger partial charge is 0.497 e. The molecule has 0 N–H and O–H groups in total. The highest BCUT2D eigenvalue weighted by Crippen LogP contribution is 2.22. The van der Waals surface area contributed by atoms with Crippen LogP contribution in [0, 0.1) is 0 Å². The van der Waals surface area contributed by atoms with E-state index in [2.05, 4.69) is 29.0 Å². The SMILES string of the molecule is COc1ccc2c(ccn2CCCCCOC(=O)c2ccc[n+](C)c2)c1. The number of hydrogen-bond acceptors (Lipinski definition) is 3. The van der Waals surface area contributed by atoms with Gasteiger partial charge in [0.15, 0.2) is 12.4 Å². The Kier molecular flexibility index (Phi) is 5.89. The number of carbonyl (C=O) groups is 1. The summed E-state index contributed by atoms with van der Waals surface area (Å²) in [6.07, 6.45) is 8.71. The molecule has 0 unspecified atom stereocenters. The molecule has 0 radical (unpaired) electrons. The Morgan fingerprint density at radius 2 is 2.04 bits per heavy atom. The number of unbranched alkanes of at least 4 members (excludes halogenated alkanes) is 2. The van der Waals surface area contributed by atoms with Crippen molar-refractivity contribution in [1.29, 1.82) is 0 Å². The fraction of sp³-hybridized carbons (Fsp3) is 0.333. The number of hydrogen-bond donors (Lipinski definition) is 0. The molecule has 5 heteroatoms. The zero-order chi connectivity index (χ0) is 18.4. The van der Waals surface area contributed by atoms with Crippen molar-refractivity contribution in [2.75, 3.05) is 13.7 Å². The molecule has 0 saturated heterocycles. The van der Waals surface area contributed by atoms with E-state index in [-0.39, 0.29) is 5.97 Å². The maximum atomic E-state index is 12.0. The van der Waals surface area contributed by atoms with E-state index >= 15 is 0 Å². The molecule has 0 aliphatic rings. The first kappa shape index (κ1) is 18.0. The van der Waals surface area contributed by atoms with Crippen molar-refractivity contribution in [3.8, 4) is 5.75 Å². The predicted molar refractivity (Wildman–Crippen MR) is 100 cm³/mol. The number of aromatic nitrogens is 2. The van der Waals surface area contributed by atoms with Crippen molar-refractivity contribution in [3.63, 3.8) is 0 Å². The van der Waals surface area contributed by atoms with E-state index in [0.29, 0.717) is 12.2 Å². The lowest BCUT2D eigenvalue weighted by Gasteiger charge is -2.07. The van der Waals surface area contributed by atoms with E-state index in [1.54, 1.807) is 19.4 Å². The molecular weight excluding hydrogens is 328 g/mol. The first-order valence-corrected chi connectivity index (χ1v) is 8.92. The molecule has 0 atom stereocenters. The van der Waals surface area contributed by atoms with Gasteiger partial charge in [-0.1, -0.05) is 0 Å². The van der Waals surface area contributed by atoms with E-state index < -0.39 is 0 Å². The van der Waals surface area contributed by atoms with Crippen molar-refractivity contribution >= 4 is 16.9 Å². The molecule has 0 saturated carbocycles. The van der Waals surface area contributed by atoms with Crippen LogP contribution in [0.2, 0.25) is 0 Å². The van der Waals surface area contributed by atoms with Crippen LogP contribution >= 0.6 is 0 Å². The Bertz CT molecular complexity index is 886. The van der Waals surface area contributed by atoms with Crippen LogP contribution in [0.1, 0.15) is 29.6 Å². The average molecular weight is 353 g/mol. The molecule has 2 heterocycles. The van der Waals surface area contributed by atoms with E-state index in [1.807, 2.05) is 29.9 Å². The summed E-state index contributed by atoms with van der Waals surface area (Å²) in [5, 5.41) is 1.19. The molecule has 1 aromatic carbocycles. The van der Waals surface area contributed by atoms with Crippen molar-refractivity contribution in [1.82, 2.24) is 4.57 Å². The van der Waals surface area contributed by atoms with Crippen LogP contribution in [0.5, 0.6) is 5.75 Å². The summed E-state index contributed by atoms with van der Waals surface area (Å²) < 4.78 is 14.7. The standard InChI is InChI=1S/C21H25N2O3/c1-22-11-6-7-18(16-22)21(24)26-14-5-3-4-12-23-13-10-17-15-19(25-2)8-9-20(17)23/h6-11,13,15-16H,3-5,12,14H2,1-2H3/q+1. The van der Waals surface area contributed by atoms with Crippen LogP contribution in [0.15, 0.2) is 55.0 Å². The van der Waals surface area contributed by atoms with Crippen LogP contribution in [0.4, 0.5) is 0 Å². The molecule has 0 aliphatic heterocycles. The van der Waals surface area contributed by atoms with Crippen molar-refractivity contribution in [2.45, 2.75) is 25.8 Å². The van der Waals surface area contributed by atoms with Gasteiger partial charge in [-0.05, 0) is 49.6 Å².